The van der Waals surface area contributed by atoms with Crippen molar-refractivity contribution < 1.29 is 14.3 Å². The van der Waals surface area contributed by atoms with Crippen LogP contribution in [0, 0.1) is 26.2 Å². The molecule has 0 fully saturated rings. The highest BCUT2D eigenvalue weighted by molar-refractivity contribution is 7.16. The molecule has 1 N–H and O–H groups in total. The fraction of sp³-hybridized carbons (Fsp3) is 0.381. The molecule has 0 aliphatic carbocycles. The third kappa shape index (κ3) is 3.94. The van der Waals surface area contributed by atoms with Crippen LogP contribution in [0.4, 0.5) is 5.00 Å². The second kappa shape index (κ2) is 7.39. The van der Waals surface area contributed by atoms with Crippen molar-refractivity contribution in [3.05, 3.63) is 51.8 Å². The van der Waals surface area contributed by atoms with E-state index in [2.05, 4.69) is 10.3 Å². The minimum absolute atomic E-state index is 0.0704. The van der Waals surface area contributed by atoms with Crippen molar-refractivity contribution in [1.29, 1.82) is 0 Å². The molecule has 0 spiro atoms. The first-order chi connectivity index (χ1) is 13.1. The van der Waals surface area contributed by atoms with Crippen LogP contribution in [0.1, 0.15) is 52.8 Å². The third-order valence-electron chi connectivity index (χ3n) is 4.58. The molecule has 0 aliphatic rings. The Morgan fingerprint density at radius 2 is 1.96 bits per heavy atom. The number of nitrogens with zero attached hydrogens (tertiary/aromatic N) is 2. The second-order valence-corrected chi connectivity index (χ2v) is 9.15. The van der Waals surface area contributed by atoms with E-state index in [1.165, 1.54) is 11.3 Å². The lowest BCUT2D eigenvalue weighted by molar-refractivity contribution is -0.123. The van der Waals surface area contributed by atoms with Gasteiger partial charge in [-0.1, -0.05) is 26.8 Å². The molecule has 6 nitrogen and oxygen atoms in total. The Kier molecular flexibility index (Phi) is 5.30. The highest BCUT2D eigenvalue weighted by Gasteiger charge is 2.27. The number of carbonyl (C=O) groups is 2. The van der Waals surface area contributed by atoms with Gasteiger partial charge in [0.2, 0.25) is 5.91 Å². The summed E-state index contributed by atoms with van der Waals surface area (Å²) < 4.78 is 7.44. The number of ether oxygens (including phenoxy) is 1. The average molecular weight is 400 g/mol. The highest BCUT2D eigenvalue weighted by Crippen LogP contribution is 2.34. The Bertz CT molecular complexity index is 1060. The first-order valence-corrected chi connectivity index (χ1v) is 9.91. The van der Waals surface area contributed by atoms with Gasteiger partial charge < -0.3 is 14.5 Å². The zero-order valence-corrected chi connectivity index (χ0v) is 17.9. The number of hydrogen-bond donors (Lipinski definition) is 1. The van der Waals surface area contributed by atoms with Gasteiger partial charge in [0.15, 0.2) is 0 Å². The first-order valence-electron chi connectivity index (χ1n) is 9.09. The van der Waals surface area contributed by atoms with Gasteiger partial charge in [0.1, 0.15) is 17.3 Å². The van der Waals surface area contributed by atoms with Gasteiger partial charge in [-0.2, -0.15) is 0 Å². The Hall–Kier alpha value is -2.67. The van der Waals surface area contributed by atoms with Crippen molar-refractivity contribution in [2.24, 2.45) is 5.41 Å². The van der Waals surface area contributed by atoms with Gasteiger partial charge in [0, 0.05) is 22.7 Å². The van der Waals surface area contributed by atoms with Gasteiger partial charge in [-0.3, -0.25) is 4.79 Å². The van der Waals surface area contributed by atoms with Gasteiger partial charge in [-0.25, -0.2) is 9.78 Å². The maximum atomic E-state index is 12.8. The summed E-state index contributed by atoms with van der Waals surface area (Å²) >= 11 is 1.39. The third-order valence-corrected chi connectivity index (χ3v) is 5.70. The van der Waals surface area contributed by atoms with Crippen molar-refractivity contribution in [1.82, 2.24) is 9.38 Å². The molecule has 28 heavy (non-hydrogen) atoms. The minimum Gasteiger partial charge on any atom is -0.455 e. The first kappa shape index (κ1) is 20.1. The van der Waals surface area contributed by atoms with Crippen LogP contribution >= 0.6 is 11.3 Å². The summed E-state index contributed by atoms with van der Waals surface area (Å²) in [5.74, 6) is -0.599. The summed E-state index contributed by atoms with van der Waals surface area (Å²) in [5, 5.41) is 3.41. The van der Waals surface area contributed by atoms with E-state index in [9.17, 15) is 9.59 Å². The molecule has 0 aliphatic heterocycles. The van der Waals surface area contributed by atoms with Gasteiger partial charge in [-0.05, 0) is 38.0 Å². The van der Waals surface area contributed by atoms with E-state index in [1.54, 1.807) is 0 Å². The predicted molar refractivity (Wildman–Crippen MR) is 111 cm³/mol. The number of aromatic nitrogens is 2. The fourth-order valence-corrected chi connectivity index (χ4v) is 3.78. The Labute approximate surface area is 168 Å². The maximum absolute atomic E-state index is 12.8. The van der Waals surface area contributed by atoms with E-state index < -0.39 is 11.4 Å². The van der Waals surface area contributed by atoms with Crippen molar-refractivity contribution in [2.75, 3.05) is 5.32 Å². The lowest BCUT2D eigenvalue weighted by atomic mass is 9.96. The Morgan fingerprint density at radius 1 is 1.25 bits per heavy atom. The quantitative estimate of drug-likeness (QED) is 0.648. The van der Waals surface area contributed by atoms with E-state index >= 15 is 0 Å². The fourth-order valence-electron chi connectivity index (χ4n) is 2.74. The smallest absolute Gasteiger partial charge is 0.341 e. The van der Waals surface area contributed by atoms with Gasteiger partial charge >= 0.3 is 5.97 Å². The molecule has 1 amide bonds. The summed E-state index contributed by atoms with van der Waals surface area (Å²) in [5.41, 5.74) is 3.25. The topological polar surface area (TPSA) is 72.7 Å². The van der Waals surface area contributed by atoms with Crippen molar-refractivity contribution >= 4 is 33.9 Å². The molecular formula is C21H25N3O3S. The van der Waals surface area contributed by atoms with Crippen LogP contribution in [0.2, 0.25) is 0 Å². The van der Waals surface area contributed by atoms with E-state index in [0.29, 0.717) is 16.3 Å². The summed E-state index contributed by atoms with van der Waals surface area (Å²) in [6.45, 7) is 11.3. The van der Waals surface area contributed by atoms with Crippen LogP contribution < -0.4 is 5.32 Å². The number of amides is 1. The SMILES string of the molecule is Cc1sc(NC(=O)C(C)(C)C)c(C(=O)OCc2cn3cccc(C)c3n2)c1C. The van der Waals surface area contributed by atoms with Crippen molar-refractivity contribution in [3.8, 4) is 0 Å². The van der Waals surface area contributed by atoms with Crippen LogP contribution in [0.5, 0.6) is 0 Å². The molecule has 3 heterocycles. The molecular weight excluding hydrogens is 374 g/mol. The molecule has 3 aromatic rings. The number of imidazole rings is 1. The molecule has 7 heteroatoms. The number of anilines is 1. The summed E-state index contributed by atoms with van der Waals surface area (Å²) in [6, 6.07) is 3.93. The standard InChI is InChI=1S/C21H25N3O3S/c1-12-8-7-9-24-10-15(22-17(12)24)11-27-19(25)16-13(2)14(3)28-18(16)23-20(26)21(4,5)6/h7-10H,11H2,1-6H3,(H,23,26). The van der Waals surface area contributed by atoms with Crippen molar-refractivity contribution in [3.63, 3.8) is 0 Å². The number of thiophene rings is 1. The molecule has 148 valence electrons. The van der Waals surface area contributed by atoms with Crippen LogP contribution in [0.15, 0.2) is 24.5 Å². The van der Waals surface area contributed by atoms with Crippen LogP contribution in [-0.2, 0) is 16.1 Å². The molecule has 0 atom stereocenters. The Balaban J connectivity index is 1.80. The molecule has 3 rings (SSSR count). The van der Waals surface area contributed by atoms with E-state index in [-0.39, 0.29) is 12.5 Å². The zero-order chi connectivity index (χ0) is 20.6. The maximum Gasteiger partial charge on any atom is 0.341 e. The van der Waals surface area contributed by atoms with Crippen LogP contribution in [0.3, 0.4) is 0 Å². The molecule has 3 aromatic heterocycles. The molecule has 0 radical (unpaired) electrons. The van der Waals surface area contributed by atoms with Crippen LogP contribution in [-0.4, -0.2) is 21.3 Å². The zero-order valence-electron chi connectivity index (χ0n) is 17.0. The van der Waals surface area contributed by atoms with Gasteiger partial charge in [-0.15, -0.1) is 11.3 Å². The number of rotatable bonds is 4. The van der Waals surface area contributed by atoms with Crippen molar-refractivity contribution in [2.45, 2.75) is 48.1 Å². The second-order valence-electron chi connectivity index (χ2n) is 7.92. The molecule has 0 bridgehead atoms. The van der Waals surface area contributed by atoms with Gasteiger partial charge in [0.25, 0.3) is 0 Å². The molecule has 0 saturated heterocycles. The van der Waals surface area contributed by atoms with E-state index in [4.69, 9.17) is 4.74 Å². The largest absolute Gasteiger partial charge is 0.455 e. The predicted octanol–water partition coefficient (Wildman–Crippen LogP) is 4.66. The lowest BCUT2D eigenvalue weighted by Crippen LogP contribution is -2.28. The monoisotopic (exact) mass is 399 g/mol. The number of esters is 1. The summed E-state index contributed by atoms with van der Waals surface area (Å²) in [7, 11) is 0. The summed E-state index contributed by atoms with van der Waals surface area (Å²) in [6.07, 6.45) is 3.76. The number of aryl methyl sites for hydroxylation is 2. The highest BCUT2D eigenvalue weighted by atomic mass is 32.1. The van der Waals surface area contributed by atoms with Crippen LogP contribution in [0.25, 0.3) is 5.65 Å². The number of fused-ring (bicyclic) bond motifs is 1. The van der Waals surface area contributed by atoms with Gasteiger partial charge in [0.05, 0.1) is 11.3 Å². The number of hydrogen-bond acceptors (Lipinski definition) is 5. The number of pyridine rings is 1. The normalized spacial score (nSPS) is 11.6. The lowest BCUT2D eigenvalue weighted by Gasteiger charge is -2.17. The molecule has 0 saturated carbocycles. The Morgan fingerprint density at radius 3 is 2.61 bits per heavy atom. The minimum atomic E-state index is -0.554. The van der Waals surface area contributed by atoms with E-state index in [0.717, 1.165) is 21.7 Å². The molecule has 0 aromatic carbocycles. The number of nitrogens with one attached hydrogen (secondary N) is 1. The average Bonchev–Trinajstić information content (AvgIpc) is 3.14. The molecule has 0 unspecified atom stereocenters. The number of carbonyl (C=O) groups excluding carboxylic acids is 2. The van der Waals surface area contributed by atoms with E-state index in [1.807, 2.05) is 70.5 Å². The summed E-state index contributed by atoms with van der Waals surface area (Å²) in [4.78, 5) is 30.7.